The Labute approximate surface area is 165 Å². The van der Waals surface area contributed by atoms with E-state index in [9.17, 15) is 4.79 Å². The fraction of sp³-hybridized carbons (Fsp3) is 0.211. The van der Waals surface area contributed by atoms with Gasteiger partial charge in [-0.25, -0.2) is 10.4 Å². The van der Waals surface area contributed by atoms with Crippen LogP contribution in [0.5, 0.6) is 11.5 Å². The number of nitrogens with one attached hydrogen (secondary N) is 1. The first-order valence-corrected chi connectivity index (χ1v) is 10.1. The highest BCUT2D eigenvalue weighted by Gasteiger charge is 2.09. The van der Waals surface area contributed by atoms with Crippen molar-refractivity contribution in [1.82, 2.24) is 10.4 Å². The van der Waals surface area contributed by atoms with Crippen molar-refractivity contribution in [3.8, 4) is 11.5 Å². The van der Waals surface area contributed by atoms with Crippen LogP contribution in [0.4, 0.5) is 0 Å². The molecule has 0 spiro atoms. The normalized spacial score (nSPS) is 11.0. The SMILES string of the molecule is CCOc1c(/C=N\NC(=O)CSc2nc3ccccc3s2)cccc1OC. The Kier molecular flexibility index (Phi) is 6.67. The molecule has 3 aromatic rings. The number of aromatic nitrogens is 1. The Morgan fingerprint density at radius 2 is 2.15 bits per heavy atom. The molecule has 0 aliphatic carbocycles. The predicted molar refractivity (Wildman–Crippen MR) is 110 cm³/mol. The molecule has 0 unspecified atom stereocenters. The number of fused-ring (bicyclic) bond motifs is 1. The summed E-state index contributed by atoms with van der Waals surface area (Å²) in [5.41, 5.74) is 4.21. The number of hydrogen-bond acceptors (Lipinski definition) is 7. The fourth-order valence-corrected chi connectivity index (χ4v) is 4.20. The molecule has 1 N–H and O–H groups in total. The van der Waals surface area contributed by atoms with Crippen LogP contribution in [-0.2, 0) is 4.79 Å². The molecule has 1 aromatic heterocycles. The second-order valence-corrected chi connectivity index (χ2v) is 7.59. The van der Waals surface area contributed by atoms with Crippen LogP contribution in [0.25, 0.3) is 10.2 Å². The number of amides is 1. The Balaban J connectivity index is 1.57. The molecule has 2 aromatic carbocycles. The quantitative estimate of drug-likeness (QED) is 0.352. The topological polar surface area (TPSA) is 72.8 Å². The van der Waals surface area contributed by atoms with Crippen molar-refractivity contribution < 1.29 is 14.3 Å². The number of carbonyl (C=O) groups is 1. The summed E-state index contributed by atoms with van der Waals surface area (Å²) < 4.78 is 12.9. The summed E-state index contributed by atoms with van der Waals surface area (Å²) in [5, 5.41) is 4.02. The summed E-state index contributed by atoms with van der Waals surface area (Å²) >= 11 is 2.97. The van der Waals surface area contributed by atoms with Gasteiger partial charge in [-0.1, -0.05) is 30.0 Å². The zero-order chi connectivity index (χ0) is 19.1. The lowest BCUT2D eigenvalue weighted by atomic mass is 10.2. The van der Waals surface area contributed by atoms with Gasteiger partial charge in [-0.3, -0.25) is 4.79 Å². The third-order valence-electron chi connectivity index (χ3n) is 3.51. The van der Waals surface area contributed by atoms with Gasteiger partial charge in [-0.2, -0.15) is 5.10 Å². The molecule has 6 nitrogen and oxygen atoms in total. The highest BCUT2D eigenvalue weighted by molar-refractivity contribution is 8.01. The van der Waals surface area contributed by atoms with E-state index in [1.165, 1.54) is 11.8 Å². The number of benzene rings is 2. The lowest BCUT2D eigenvalue weighted by molar-refractivity contribution is -0.118. The summed E-state index contributed by atoms with van der Waals surface area (Å²) in [5.74, 6) is 1.27. The minimum atomic E-state index is -0.198. The van der Waals surface area contributed by atoms with Crippen molar-refractivity contribution in [1.29, 1.82) is 0 Å². The molecule has 0 atom stereocenters. The monoisotopic (exact) mass is 401 g/mol. The van der Waals surface area contributed by atoms with Gasteiger partial charge in [-0.15, -0.1) is 11.3 Å². The molecule has 0 saturated heterocycles. The molecule has 0 aliphatic rings. The Morgan fingerprint density at radius 1 is 1.30 bits per heavy atom. The predicted octanol–water partition coefficient (Wildman–Crippen LogP) is 3.95. The van der Waals surface area contributed by atoms with Crippen molar-refractivity contribution in [3.05, 3.63) is 48.0 Å². The Hall–Kier alpha value is -2.58. The minimum Gasteiger partial charge on any atom is -0.493 e. The second kappa shape index (κ2) is 9.38. The number of hydrogen-bond donors (Lipinski definition) is 1. The highest BCUT2D eigenvalue weighted by atomic mass is 32.2. The fourth-order valence-electron chi connectivity index (χ4n) is 2.34. The van der Waals surface area contributed by atoms with Crippen LogP contribution in [0.2, 0.25) is 0 Å². The summed E-state index contributed by atoms with van der Waals surface area (Å²) in [6.45, 7) is 2.40. The molecule has 1 amide bonds. The van der Waals surface area contributed by atoms with E-state index < -0.39 is 0 Å². The van der Waals surface area contributed by atoms with Gasteiger partial charge in [-0.05, 0) is 31.2 Å². The largest absolute Gasteiger partial charge is 0.493 e. The number of carbonyl (C=O) groups excluding carboxylic acids is 1. The first kappa shape index (κ1) is 19.2. The number of methoxy groups -OCH3 is 1. The number of thiazole rings is 1. The molecule has 0 aliphatic heterocycles. The van der Waals surface area contributed by atoms with E-state index >= 15 is 0 Å². The standard InChI is InChI=1S/C19H19N3O3S2/c1-3-25-18-13(7-6-9-15(18)24-2)11-20-22-17(23)12-26-19-21-14-8-4-5-10-16(14)27-19/h4-11H,3,12H2,1-2H3,(H,22,23)/b20-11-. The Bertz CT molecular complexity index is 923. The first-order chi connectivity index (χ1) is 13.2. The Morgan fingerprint density at radius 3 is 2.93 bits per heavy atom. The smallest absolute Gasteiger partial charge is 0.250 e. The molecular formula is C19H19N3O3S2. The summed E-state index contributed by atoms with van der Waals surface area (Å²) in [7, 11) is 1.58. The van der Waals surface area contributed by atoms with Gasteiger partial charge in [0.15, 0.2) is 15.8 Å². The third kappa shape index (κ3) is 4.99. The van der Waals surface area contributed by atoms with Crippen molar-refractivity contribution in [2.75, 3.05) is 19.5 Å². The molecule has 0 bridgehead atoms. The number of nitrogens with zero attached hydrogens (tertiary/aromatic N) is 2. The lowest BCUT2D eigenvalue weighted by Crippen LogP contribution is -2.19. The van der Waals surface area contributed by atoms with Gasteiger partial charge < -0.3 is 9.47 Å². The van der Waals surface area contributed by atoms with E-state index in [-0.39, 0.29) is 11.7 Å². The van der Waals surface area contributed by atoms with E-state index in [0.717, 1.165) is 20.1 Å². The molecule has 140 valence electrons. The number of ether oxygens (including phenoxy) is 2. The van der Waals surface area contributed by atoms with Crippen LogP contribution < -0.4 is 14.9 Å². The van der Waals surface area contributed by atoms with Crippen LogP contribution in [0.3, 0.4) is 0 Å². The molecule has 0 fully saturated rings. The summed E-state index contributed by atoms with van der Waals surface area (Å²) in [6.07, 6.45) is 1.55. The van der Waals surface area contributed by atoms with Crippen molar-refractivity contribution in [3.63, 3.8) is 0 Å². The van der Waals surface area contributed by atoms with E-state index in [1.54, 1.807) is 24.7 Å². The van der Waals surface area contributed by atoms with Gasteiger partial charge in [0, 0.05) is 5.56 Å². The summed E-state index contributed by atoms with van der Waals surface area (Å²) in [4.78, 5) is 16.5. The number of hydrazone groups is 1. The van der Waals surface area contributed by atoms with Gasteiger partial charge >= 0.3 is 0 Å². The van der Waals surface area contributed by atoms with Crippen LogP contribution in [0.1, 0.15) is 12.5 Å². The zero-order valence-corrected chi connectivity index (χ0v) is 16.6. The minimum absolute atomic E-state index is 0.198. The number of thioether (sulfide) groups is 1. The average Bonchev–Trinajstić information content (AvgIpc) is 3.10. The van der Waals surface area contributed by atoms with Gasteiger partial charge in [0.25, 0.3) is 5.91 Å². The first-order valence-electron chi connectivity index (χ1n) is 8.31. The number of rotatable bonds is 8. The molecule has 1 heterocycles. The maximum absolute atomic E-state index is 12.0. The molecule has 27 heavy (non-hydrogen) atoms. The molecular weight excluding hydrogens is 382 g/mol. The molecule has 3 rings (SSSR count). The van der Waals surface area contributed by atoms with Gasteiger partial charge in [0.2, 0.25) is 0 Å². The second-order valence-electron chi connectivity index (χ2n) is 5.34. The number of para-hydroxylation sites is 2. The maximum atomic E-state index is 12.0. The van der Waals surface area contributed by atoms with Crippen LogP contribution in [0.15, 0.2) is 51.9 Å². The van der Waals surface area contributed by atoms with Crippen LogP contribution in [-0.4, -0.2) is 36.6 Å². The van der Waals surface area contributed by atoms with Crippen LogP contribution in [0, 0.1) is 0 Å². The van der Waals surface area contributed by atoms with E-state index in [4.69, 9.17) is 9.47 Å². The van der Waals surface area contributed by atoms with Crippen molar-refractivity contribution >= 4 is 45.4 Å². The van der Waals surface area contributed by atoms with Crippen molar-refractivity contribution in [2.24, 2.45) is 5.10 Å². The van der Waals surface area contributed by atoms with Crippen LogP contribution >= 0.6 is 23.1 Å². The molecule has 8 heteroatoms. The highest BCUT2D eigenvalue weighted by Crippen LogP contribution is 2.30. The molecule has 0 radical (unpaired) electrons. The average molecular weight is 402 g/mol. The third-order valence-corrected chi connectivity index (χ3v) is 5.69. The molecule has 0 saturated carbocycles. The lowest BCUT2D eigenvalue weighted by Gasteiger charge is -2.11. The van der Waals surface area contributed by atoms with E-state index in [0.29, 0.717) is 18.1 Å². The van der Waals surface area contributed by atoms with E-state index in [2.05, 4.69) is 15.5 Å². The summed E-state index contributed by atoms with van der Waals surface area (Å²) in [6, 6.07) is 13.4. The maximum Gasteiger partial charge on any atom is 0.250 e. The van der Waals surface area contributed by atoms with Gasteiger partial charge in [0.1, 0.15) is 0 Å². The zero-order valence-electron chi connectivity index (χ0n) is 15.0. The van der Waals surface area contributed by atoms with Crippen molar-refractivity contribution in [2.45, 2.75) is 11.3 Å². The van der Waals surface area contributed by atoms with Gasteiger partial charge in [0.05, 0.1) is 35.9 Å². The van der Waals surface area contributed by atoms with E-state index in [1.807, 2.05) is 49.4 Å².